The van der Waals surface area contributed by atoms with Crippen molar-refractivity contribution in [1.29, 1.82) is 0 Å². The van der Waals surface area contributed by atoms with E-state index in [2.05, 4.69) is 31.2 Å². The number of amides is 5. The van der Waals surface area contributed by atoms with Crippen LogP contribution in [0.4, 0.5) is 23.7 Å². The molecule has 14 nitrogen and oxygen atoms in total. The molecule has 5 amide bonds. The number of nitrogens with one attached hydrogen (secondary N) is 4. The van der Waals surface area contributed by atoms with Crippen molar-refractivity contribution in [2.24, 2.45) is 5.92 Å². The average Bonchev–Trinajstić information content (AvgIpc) is 3.63. The lowest BCUT2D eigenvalue weighted by Gasteiger charge is -2.31. The number of likely N-dealkylation sites (N-methyl/N-ethyl adjacent to an activating group) is 1. The standard InChI is InChI=1S/C42H43F3N8O6/c1-52(18-17-46-41(57)47-22-25-11-15-30(16-12-25)59-34-7-3-5-27-20-37(54)50-40(56)38(27)34)23-26-9-13-29(14-10-26)53-24-28-19-33(35(58-2)21-32(28)51-53)49-39(55)31-6-4-8-36(48-31)42(43,44)45/h3-8,11-12,15-16,19,21,24,26,29H,9-10,13-14,17-18,20,22-23H2,1-2H3,(H,49,55)(H2,46,47,57)(H,50,54,56). The highest BCUT2D eigenvalue weighted by molar-refractivity contribution is 6.11. The molecule has 3 heterocycles. The monoisotopic (exact) mass is 812 g/mol. The van der Waals surface area contributed by atoms with Crippen LogP contribution in [0.2, 0.25) is 0 Å². The van der Waals surface area contributed by atoms with Gasteiger partial charge in [-0.3, -0.25) is 24.4 Å². The molecule has 1 fully saturated rings. The van der Waals surface area contributed by atoms with Gasteiger partial charge in [0.1, 0.15) is 28.6 Å². The minimum absolute atomic E-state index is 0.115. The summed E-state index contributed by atoms with van der Waals surface area (Å²) in [5, 5.41) is 16.3. The fourth-order valence-corrected chi connectivity index (χ4v) is 7.44. The number of hydrogen-bond acceptors (Lipinski definition) is 9. The Morgan fingerprint density at radius 2 is 1.73 bits per heavy atom. The number of benzene rings is 3. The number of nitrogens with zero attached hydrogens (tertiary/aromatic N) is 4. The predicted octanol–water partition coefficient (Wildman–Crippen LogP) is 6.48. The van der Waals surface area contributed by atoms with E-state index in [4.69, 9.17) is 14.6 Å². The number of pyridine rings is 1. The molecule has 0 bridgehead atoms. The summed E-state index contributed by atoms with van der Waals surface area (Å²) < 4.78 is 52.8. The van der Waals surface area contributed by atoms with Gasteiger partial charge >= 0.3 is 12.2 Å². The zero-order valence-electron chi connectivity index (χ0n) is 32.4. The van der Waals surface area contributed by atoms with Crippen LogP contribution in [0.15, 0.2) is 79.0 Å². The van der Waals surface area contributed by atoms with Crippen molar-refractivity contribution in [1.82, 2.24) is 35.6 Å². The van der Waals surface area contributed by atoms with E-state index < -0.39 is 23.7 Å². The van der Waals surface area contributed by atoms with Crippen LogP contribution in [0.3, 0.4) is 0 Å². The number of rotatable bonds is 13. The van der Waals surface area contributed by atoms with Crippen LogP contribution in [0, 0.1) is 5.92 Å². The Morgan fingerprint density at radius 1 is 0.966 bits per heavy atom. The Kier molecular flexibility index (Phi) is 12.1. The van der Waals surface area contributed by atoms with Crippen molar-refractivity contribution in [3.63, 3.8) is 0 Å². The molecule has 3 aromatic carbocycles. The lowest BCUT2D eigenvalue weighted by molar-refractivity contribution is -0.141. The Bertz CT molecular complexity index is 2360. The first-order valence-electron chi connectivity index (χ1n) is 19.2. The first kappa shape index (κ1) is 40.7. The van der Waals surface area contributed by atoms with E-state index in [1.807, 2.05) is 30.1 Å². The molecule has 2 aliphatic rings. The van der Waals surface area contributed by atoms with Gasteiger partial charge in [-0.1, -0.05) is 30.3 Å². The van der Waals surface area contributed by atoms with Crippen molar-refractivity contribution in [2.75, 3.05) is 39.1 Å². The summed E-state index contributed by atoms with van der Waals surface area (Å²) in [6.07, 6.45) is 1.21. The van der Waals surface area contributed by atoms with Gasteiger partial charge in [0.25, 0.3) is 11.8 Å². The largest absolute Gasteiger partial charge is 0.494 e. The molecule has 2 aromatic heterocycles. The summed E-state index contributed by atoms with van der Waals surface area (Å²) in [5.74, 6) is 0.0696. The number of carbonyl (C=O) groups is 4. The minimum atomic E-state index is -4.68. The summed E-state index contributed by atoms with van der Waals surface area (Å²) in [4.78, 5) is 55.2. The molecule has 0 radical (unpaired) electrons. The maximum absolute atomic E-state index is 13.1. The zero-order valence-corrected chi connectivity index (χ0v) is 32.4. The van der Waals surface area contributed by atoms with Crippen molar-refractivity contribution >= 4 is 40.3 Å². The van der Waals surface area contributed by atoms with Gasteiger partial charge in [0.2, 0.25) is 5.91 Å². The Balaban J connectivity index is 0.826. The highest BCUT2D eigenvalue weighted by Crippen LogP contribution is 2.36. The van der Waals surface area contributed by atoms with Gasteiger partial charge in [-0.05, 0) is 86.2 Å². The lowest BCUT2D eigenvalue weighted by atomic mass is 9.86. The van der Waals surface area contributed by atoms with Crippen LogP contribution >= 0.6 is 0 Å². The number of methoxy groups -OCH3 is 1. The molecule has 4 N–H and O–H groups in total. The molecule has 1 aliphatic heterocycles. The highest BCUT2D eigenvalue weighted by Gasteiger charge is 2.33. The molecule has 1 saturated carbocycles. The number of imide groups is 1. The van der Waals surface area contributed by atoms with Gasteiger partial charge in [0.15, 0.2) is 0 Å². The van der Waals surface area contributed by atoms with Gasteiger partial charge in [0, 0.05) is 43.8 Å². The Labute approximate surface area is 337 Å². The molecular weight excluding hydrogens is 770 g/mol. The number of anilines is 1. The molecule has 7 rings (SSSR count). The van der Waals surface area contributed by atoms with E-state index in [0.29, 0.717) is 65.1 Å². The molecule has 308 valence electrons. The first-order valence-corrected chi connectivity index (χ1v) is 19.2. The normalized spacial score (nSPS) is 16.6. The summed E-state index contributed by atoms with van der Waals surface area (Å²) in [6, 6.07) is 18.8. The zero-order chi connectivity index (χ0) is 41.7. The van der Waals surface area contributed by atoms with Gasteiger partial charge < -0.3 is 30.3 Å². The van der Waals surface area contributed by atoms with E-state index >= 15 is 0 Å². The van der Waals surface area contributed by atoms with Crippen LogP contribution in [-0.4, -0.2) is 77.2 Å². The number of fused-ring (bicyclic) bond motifs is 2. The van der Waals surface area contributed by atoms with Gasteiger partial charge in [-0.15, -0.1) is 0 Å². The van der Waals surface area contributed by atoms with E-state index in [0.717, 1.165) is 55.3 Å². The smallest absolute Gasteiger partial charge is 0.433 e. The second kappa shape index (κ2) is 17.6. The van der Waals surface area contributed by atoms with E-state index in [1.54, 1.807) is 42.5 Å². The van der Waals surface area contributed by atoms with E-state index in [-0.39, 0.29) is 30.1 Å². The quantitative estimate of drug-likeness (QED) is 0.0974. The van der Waals surface area contributed by atoms with Crippen molar-refractivity contribution in [3.8, 4) is 17.2 Å². The van der Waals surface area contributed by atoms with Crippen molar-refractivity contribution < 1.29 is 41.8 Å². The van der Waals surface area contributed by atoms with Crippen LogP contribution in [0.5, 0.6) is 17.2 Å². The first-order chi connectivity index (χ1) is 28.3. The topological polar surface area (TPSA) is 169 Å². The summed E-state index contributed by atoms with van der Waals surface area (Å²) in [6.45, 7) is 2.37. The van der Waals surface area contributed by atoms with E-state index in [9.17, 15) is 32.3 Å². The fourth-order valence-electron chi connectivity index (χ4n) is 7.44. The second-order valence-corrected chi connectivity index (χ2v) is 14.7. The van der Waals surface area contributed by atoms with Gasteiger partial charge in [-0.25, -0.2) is 9.78 Å². The minimum Gasteiger partial charge on any atom is -0.494 e. The number of ether oxygens (including phenoxy) is 2. The number of alkyl halides is 3. The highest BCUT2D eigenvalue weighted by atomic mass is 19.4. The molecule has 0 unspecified atom stereocenters. The van der Waals surface area contributed by atoms with Crippen LogP contribution in [-0.2, 0) is 23.9 Å². The lowest BCUT2D eigenvalue weighted by Crippen LogP contribution is -2.40. The second-order valence-electron chi connectivity index (χ2n) is 14.7. The molecular formula is C42H43F3N8O6. The van der Waals surface area contributed by atoms with Gasteiger partial charge in [0.05, 0.1) is 36.3 Å². The molecule has 1 aliphatic carbocycles. The maximum Gasteiger partial charge on any atom is 0.433 e. The average molecular weight is 813 g/mol. The third-order valence-electron chi connectivity index (χ3n) is 10.5. The Hall–Kier alpha value is -6.49. The fraction of sp³-hybridized carbons (Fsp3) is 0.333. The summed E-state index contributed by atoms with van der Waals surface area (Å²) >= 11 is 0. The third kappa shape index (κ3) is 9.97. The Morgan fingerprint density at radius 3 is 2.47 bits per heavy atom. The van der Waals surface area contributed by atoms with E-state index in [1.165, 1.54) is 13.2 Å². The SMILES string of the molecule is COc1cc2nn(C3CCC(CN(C)CCNC(=O)NCc4ccc(Oc5cccc6c5C(=O)NC(=O)C6)cc4)CC3)cc2cc1NC(=O)c1cccc(C(F)(F)F)n1. The van der Waals surface area contributed by atoms with Crippen LogP contribution in [0.25, 0.3) is 10.9 Å². The maximum atomic E-state index is 13.1. The number of hydrogen-bond donors (Lipinski definition) is 4. The molecule has 17 heteroatoms. The molecule has 0 saturated heterocycles. The molecule has 0 spiro atoms. The predicted molar refractivity (Wildman–Crippen MR) is 211 cm³/mol. The number of halogens is 3. The number of carbonyl (C=O) groups excluding carboxylic acids is 4. The summed E-state index contributed by atoms with van der Waals surface area (Å²) in [5.41, 5.74) is 1.27. The summed E-state index contributed by atoms with van der Waals surface area (Å²) in [7, 11) is 3.48. The number of urea groups is 1. The molecule has 5 aromatic rings. The molecule has 59 heavy (non-hydrogen) atoms. The van der Waals surface area contributed by atoms with Crippen molar-refractivity contribution in [3.05, 3.63) is 107 Å². The third-order valence-corrected chi connectivity index (χ3v) is 10.5. The number of aromatic nitrogens is 3. The van der Waals surface area contributed by atoms with Gasteiger partial charge in [-0.2, -0.15) is 18.3 Å². The van der Waals surface area contributed by atoms with Crippen molar-refractivity contribution in [2.45, 2.75) is 50.9 Å². The van der Waals surface area contributed by atoms with Crippen LogP contribution < -0.4 is 30.7 Å². The molecule has 0 atom stereocenters. The van der Waals surface area contributed by atoms with Crippen LogP contribution in [0.1, 0.15) is 69.4 Å².